The number of hydrogen-bond acceptors (Lipinski definition) is 3. The normalized spacial score (nSPS) is 11.2. The van der Waals surface area contributed by atoms with Crippen LogP contribution in [0.15, 0.2) is 6.20 Å². The quantitative estimate of drug-likeness (QED) is 0.672. The van der Waals surface area contributed by atoms with E-state index in [1.54, 1.807) is 0 Å². The highest BCUT2D eigenvalue weighted by atomic mass is 16.5. The second kappa shape index (κ2) is 9.81. The maximum absolute atomic E-state index is 8.95. The number of rotatable bonds is 11. The molecule has 0 atom stereocenters. The van der Waals surface area contributed by atoms with Gasteiger partial charge in [-0.1, -0.05) is 39.5 Å². The summed E-state index contributed by atoms with van der Waals surface area (Å²) in [6.45, 7) is 7.78. The van der Waals surface area contributed by atoms with Gasteiger partial charge in [-0.05, 0) is 19.8 Å². The van der Waals surface area contributed by atoms with Gasteiger partial charge in [-0.25, -0.2) is 0 Å². The lowest BCUT2D eigenvalue weighted by atomic mass is 9.92. The Hall–Kier alpha value is -1.03. The highest BCUT2D eigenvalue weighted by Gasteiger charge is 2.20. The number of aryl methyl sites for hydroxylation is 1. The van der Waals surface area contributed by atoms with Crippen LogP contribution in [0.1, 0.15) is 70.9 Å². The molecule has 116 valence electrons. The maximum Gasteiger partial charge on any atom is 0.160 e. The predicted octanol–water partition coefficient (Wildman–Crippen LogP) is 3.74. The molecule has 0 aromatic carbocycles. The Balaban J connectivity index is 2.86. The molecular formula is C16H30N2O2. The Labute approximate surface area is 123 Å². The molecule has 0 saturated heterocycles. The first kappa shape index (κ1) is 17.0. The summed E-state index contributed by atoms with van der Waals surface area (Å²) in [6.07, 6.45) is 9.20. The van der Waals surface area contributed by atoms with Gasteiger partial charge in [0.25, 0.3) is 0 Å². The van der Waals surface area contributed by atoms with E-state index in [1.165, 1.54) is 38.5 Å². The van der Waals surface area contributed by atoms with E-state index in [2.05, 4.69) is 20.8 Å². The number of aromatic nitrogens is 2. The Bertz CT molecular complexity index is 355. The van der Waals surface area contributed by atoms with Crippen molar-refractivity contribution in [3.8, 4) is 5.75 Å². The summed E-state index contributed by atoms with van der Waals surface area (Å²) in [5, 5.41) is 13.6. The van der Waals surface area contributed by atoms with Gasteiger partial charge in [0.15, 0.2) is 5.75 Å². The summed E-state index contributed by atoms with van der Waals surface area (Å²) >= 11 is 0. The minimum atomic E-state index is 0.0470. The van der Waals surface area contributed by atoms with E-state index >= 15 is 0 Å². The molecule has 0 fully saturated rings. The van der Waals surface area contributed by atoms with Crippen molar-refractivity contribution >= 4 is 0 Å². The molecule has 20 heavy (non-hydrogen) atoms. The minimum absolute atomic E-state index is 0.0470. The lowest BCUT2D eigenvalue weighted by molar-refractivity contribution is 0.199. The van der Waals surface area contributed by atoms with E-state index in [4.69, 9.17) is 14.9 Å². The van der Waals surface area contributed by atoms with Crippen molar-refractivity contribution in [2.45, 2.75) is 71.8 Å². The molecule has 4 heteroatoms. The first-order valence-electron chi connectivity index (χ1n) is 8.07. The van der Waals surface area contributed by atoms with Gasteiger partial charge in [0.2, 0.25) is 0 Å². The number of hydrogen-bond donors (Lipinski definition) is 1. The smallest absolute Gasteiger partial charge is 0.160 e. The summed E-state index contributed by atoms with van der Waals surface area (Å²) in [4.78, 5) is 0. The van der Waals surface area contributed by atoms with Crippen molar-refractivity contribution in [3.63, 3.8) is 0 Å². The fourth-order valence-electron chi connectivity index (χ4n) is 2.45. The number of nitrogens with zero attached hydrogens (tertiary/aromatic N) is 2. The molecule has 0 aliphatic heterocycles. The topological polar surface area (TPSA) is 47.3 Å². The van der Waals surface area contributed by atoms with Crippen LogP contribution in [0.4, 0.5) is 0 Å². The van der Waals surface area contributed by atoms with Crippen LogP contribution < -0.4 is 4.74 Å². The van der Waals surface area contributed by atoms with Crippen molar-refractivity contribution in [1.82, 2.24) is 9.78 Å². The van der Waals surface area contributed by atoms with Gasteiger partial charge in [0.05, 0.1) is 12.8 Å². The molecule has 0 unspecified atom stereocenters. The van der Waals surface area contributed by atoms with Crippen LogP contribution in [0.25, 0.3) is 0 Å². The fourth-order valence-corrected chi connectivity index (χ4v) is 2.45. The Kier molecular flexibility index (Phi) is 8.35. The van der Waals surface area contributed by atoms with E-state index in [9.17, 15) is 0 Å². The summed E-state index contributed by atoms with van der Waals surface area (Å²) in [7, 11) is 0. The summed E-state index contributed by atoms with van der Waals surface area (Å²) in [5.74, 6) is 1.34. The number of unbranched alkanes of at least 4 members (excludes halogenated alkanes) is 2. The van der Waals surface area contributed by atoms with Crippen LogP contribution in [0.2, 0.25) is 0 Å². The van der Waals surface area contributed by atoms with Gasteiger partial charge in [0.1, 0.15) is 12.3 Å². The minimum Gasteiger partial charge on any atom is -0.488 e. The van der Waals surface area contributed by atoms with Gasteiger partial charge in [-0.3, -0.25) is 4.68 Å². The molecule has 0 aliphatic rings. The molecule has 1 aromatic heterocycles. The molecule has 4 nitrogen and oxygen atoms in total. The van der Waals surface area contributed by atoms with Crippen LogP contribution in [-0.4, -0.2) is 28.1 Å². The van der Waals surface area contributed by atoms with E-state index in [0.717, 1.165) is 18.0 Å². The number of ether oxygens (including phenoxy) is 1. The average Bonchev–Trinajstić information content (AvgIpc) is 2.88. The van der Waals surface area contributed by atoms with E-state index < -0.39 is 0 Å². The first-order valence-corrected chi connectivity index (χ1v) is 8.07. The third-order valence-corrected chi connectivity index (χ3v) is 3.63. The van der Waals surface area contributed by atoms with E-state index in [-0.39, 0.29) is 6.61 Å². The lowest BCUT2D eigenvalue weighted by Gasteiger charge is -2.16. The van der Waals surface area contributed by atoms with Gasteiger partial charge >= 0.3 is 0 Å². The maximum atomic E-state index is 8.95. The van der Waals surface area contributed by atoms with Gasteiger partial charge < -0.3 is 9.84 Å². The third kappa shape index (κ3) is 5.16. The molecule has 0 saturated carbocycles. The molecule has 1 rings (SSSR count). The largest absolute Gasteiger partial charge is 0.488 e. The fraction of sp³-hybridized carbons (Fsp3) is 0.812. The standard InChI is InChI=1S/C16H30N2O2/c1-4-7-9-14(10-8-5-2)16-15(20-12-11-19)13-18(6-3)17-16/h13-14,19H,4-12H2,1-3H3. The highest BCUT2D eigenvalue weighted by molar-refractivity contribution is 5.28. The Morgan fingerprint density at radius 2 is 1.85 bits per heavy atom. The zero-order chi connectivity index (χ0) is 14.8. The highest BCUT2D eigenvalue weighted by Crippen LogP contribution is 2.33. The lowest BCUT2D eigenvalue weighted by Crippen LogP contribution is -2.07. The van der Waals surface area contributed by atoms with E-state index in [1.807, 2.05) is 10.9 Å². The SMILES string of the molecule is CCCCC(CCCC)c1nn(CC)cc1OCCO. The molecule has 0 bridgehead atoms. The average molecular weight is 282 g/mol. The van der Waals surface area contributed by atoms with Crippen molar-refractivity contribution in [2.75, 3.05) is 13.2 Å². The van der Waals surface area contributed by atoms with Crippen LogP contribution in [0, 0.1) is 0 Å². The van der Waals surface area contributed by atoms with Crippen molar-refractivity contribution in [2.24, 2.45) is 0 Å². The van der Waals surface area contributed by atoms with Crippen molar-refractivity contribution in [3.05, 3.63) is 11.9 Å². The molecule has 1 heterocycles. The monoisotopic (exact) mass is 282 g/mol. The second-order valence-corrected chi connectivity index (χ2v) is 5.29. The van der Waals surface area contributed by atoms with Gasteiger partial charge in [-0.15, -0.1) is 0 Å². The molecule has 0 spiro atoms. The predicted molar refractivity (Wildman–Crippen MR) is 82.3 cm³/mol. The molecular weight excluding hydrogens is 252 g/mol. The van der Waals surface area contributed by atoms with E-state index in [0.29, 0.717) is 12.5 Å². The Morgan fingerprint density at radius 1 is 1.20 bits per heavy atom. The number of aliphatic hydroxyl groups excluding tert-OH is 1. The second-order valence-electron chi connectivity index (χ2n) is 5.29. The molecule has 0 amide bonds. The van der Waals surface area contributed by atoms with Crippen molar-refractivity contribution in [1.29, 1.82) is 0 Å². The summed E-state index contributed by atoms with van der Waals surface area (Å²) in [5.41, 5.74) is 1.09. The zero-order valence-corrected chi connectivity index (χ0v) is 13.3. The van der Waals surface area contributed by atoms with Crippen LogP contribution in [0.3, 0.4) is 0 Å². The zero-order valence-electron chi connectivity index (χ0n) is 13.3. The van der Waals surface area contributed by atoms with Crippen LogP contribution >= 0.6 is 0 Å². The molecule has 0 aliphatic carbocycles. The van der Waals surface area contributed by atoms with Gasteiger partial charge in [-0.2, -0.15) is 5.10 Å². The van der Waals surface area contributed by atoms with Gasteiger partial charge in [0, 0.05) is 12.5 Å². The Morgan fingerprint density at radius 3 is 2.35 bits per heavy atom. The van der Waals surface area contributed by atoms with Crippen molar-refractivity contribution < 1.29 is 9.84 Å². The molecule has 1 aromatic rings. The summed E-state index contributed by atoms with van der Waals surface area (Å²) < 4.78 is 7.61. The molecule has 1 N–H and O–H groups in total. The number of aliphatic hydroxyl groups is 1. The van der Waals surface area contributed by atoms with Crippen LogP contribution in [0.5, 0.6) is 5.75 Å². The molecule has 0 radical (unpaired) electrons. The first-order chi connectivity index (χ1) is 9.76. The summed E-state index contributed by atoms with van der Waals surface area (Å²) in [6, 6.07) is 0. The third-order valence-electron chi connectivity index (χ3n) is 3.63. The van der Waals surface area contributed by atoms with Crippen LogP contribution in [-0.2, 0) is 6.54 Å².